The van der Waals surface area contributed by atoms with Crippen molar-refractivity contribution in [3.05, 3.63) is 53.3 Å². The zero-order valence-corrected chi connectivity index (χ0v) is 13.8. The number of nitrogens with zero attached hydrogens (tertiary/aromatic N) is 1. The molecule has 1 amide bonds. The summed E-state index contributed by atoms with van der Waals surface area (Å²) in [7, 11) is 1.94. The quantitative estimate of drug-likeness (QED) is 0.329. The molecule has 4 N–H and O–H groups in total. The highest BCUT2D eigenvalue weighted by Crippen LogP contribution is 2.23. The van der Waals surface area contributed by atoms with E-state index in [1.807, 2.05) is 26.1 Å². The molecule has 0 saturated heterocycles. The number of nitrogens with two attached hydrogens (primary N) is 1. The monoisotopic (exact) mass is 316 g/mol. The minimum absolute atomic E-state index is 0.403. The van der Waals surface area contributed by atoms with Crippen molar-refractivity contribution in [2.24, 2.45) is 5.84 Å². The Balaban J connectivity index is 0.000000593. The van der Waals surface area contributed by atoms with Crippen molar-refractivity contribution in [2.75, 3.05) is 12.4 Å². The lowest BCUT2D eigenvalue weighted by Gasteiger charge is -2.15. The number of hydrogen-bond acceptors (Lipinski definition) is 5. The second kappa shape index (κ2) is 10.2. The Labute approximate surface area is 137 Å². The minimum atomic E-state index is 0.403. The van der Waals surface area contributed by atoms with Gasteiger partial charge in [-0.2, -0.15) is 0 Å². The lowest BCUT2D eigenvalue weighted by Crippen LogP contribution is -2.18. The molecule has 0 aliphatic heterocycles. The Morgan fingerprint density at radius 1 is 1.30 bits per heavy atom. The molecular formula is C17H24N4O2. The first kappa shape index (κ1) is 18.4. The Hall–Kier alpha value is -2.60. The molecule has 0 spiro atoms. The standard InChI is InChI=1S/C16H20N2O.CH4N2O/c1-4-13-7-5-8-15(17-3)14(13)11-19-16-9-6-10-18-12(16)2;2-3-1-4/h5-10,17H,4,11H2,1-3H3;1H,2H2,(H,3,4). The molecule has 1 heterocycles. The average molecular weight is 316 g/mol. The van der Waals surface area contributed by atoms with Crippen molar-refractivity contribution in [3.8, 4) is 5.75 Å². The summed E-state index contributed by atoms with van der Waals surface area (Å²) in [6.07, 6.45) is 3.18. The first-order valence-electron chi connectivity index (χ1n) is 7.40. The molecule has 0 atom stereocenters. The van der Waals surface area contributed by atoms with Gasteiger partial charge in [0.1, 0.15) is 12.4 Å². The highest BCUT2D eigenvalue weighted by molar-refractivity contribution is 5.54. The van der Waals surface area contributed by atoms with Crippen LogP contribution in [0.5, 0.6) is 5.75 Å². The van der Waals surface area contributed by atoms with Crippen LogP contribution in [0, 0.1) is 6.92 Å². The van der Waals surface area contributed by atoms with E-state index in [9.17, 15) is 0 Å². The van der Waals surface area contributed by atoms with Crippen LogP contribution in [0.2, 0.25) is 0 Å². The molecule has 0 aliphatic rings. The molecule has 1 aromatic carbocycles. The fraction of sp³-hybridized carbons (Fsp3) is 0.294. The fourth-order valence-corrected chi connectivity index (χ4v) is 2.14. The summed E-state index contributed by atoms with van der Waals surface area (Å²) in [6, 6.07) is 10.1. The number of aromatic nitrogens is 1. The van der Waals surface area contributed by atoms with Gasteiger partial charge in [0, 0.05) is 24.5 Å². The molecule has 1 aromatic heterocycles. The summed E-state index contributed by atoms with van der Waals surface area (Å²) in [5.41, 5.74) is 6.33. The summed E-state index contributed by atoms with van der Waals surface area (Å²) in [5.74, 6) is 5.25. The number of rotatable bonds is 6. The maximum Gasteiger partial charge on any atom is 0.221 e. The molecule has 0 unspecified atom stereocenters. The molecule has 2 rings (SSSR count). The van der Waals surface area contributed by atoms with Crippen LogP contribution in [-0.4, -0.2) is 18.4 Å². The van der Waals surface area contributed by atoms with E-state index in [2.05, 4.69) is 41.3 Å². The summed E-state index contributed by atoms with van der Waals surface area (Å²) in [6.45, 7) is 4.68. The van der Waals surface area contributed by atoms with Gasteiger partial charge in [-0.25, -0.2) is 5.84 Å². The predicted octanol–water partition coefficient (Wildman–Crippen LogP) is 2.18. The molecule has 2 aromatic rings. The van der Waals surface area contributed by atoms with E-state index in [1.54, 1.807) is 11.6 Å². The van der Waals surface area contributed by atoms with Crippen LogP contribution in [0.15, 0.2) is 36.5 Å². The lowest BCUT2D eigenvalue weighted by atomic mass is 10.0. The largest absolute Gasteiger partial charge is 0.487 e. The highest BCUT2D eigenvalue weighted by atomic mass is 16.5. The number of hydrogen-bond donors (Lipinski definition) is 3. The van der Waals surface area contributed by atoms with E-state index in [0.717, 1.165) is 23.6 Å². The molecule has 23 heavy (non-hydrogen) atoms. The third kappa shape index (κ3) is 5.60. The van der Waals surface area contributed by atoms with Gasteiger partial charge in [0.15, 0.2) is 0 Å². The number of pyridine rings is 1. The molecule has 0 bridgehead atoms. The minimum Gasteiger partial charge on any atom is -0.487 e. The van der Waals surface area contributed by atoms with Crippen molar-refractivity contribution in [1.82, 2.24) is 10.4 Å². The number of benzene rings is 1. The van der Waals surface area contributed by atoms with Crippen molar-refractivity contribution < 1.29 is 9.53 Å². The van der Waals surface area contributed by atoms with Gasteiger partial charge in [0.25, 0.3) is 0 Å². The van der Waals surface area contributed by atoms with Crippen LogP contribution in [0.3, 0.4) is 0 Å². The van der Waals surface area contributed by atoms with Gasteiger partial charge in [-0.15, -0.1) is 0 Å². The summed E-state index contributed by atoms with van der Waals surface area (Å²) in [5, 5.41) is 3.23. The van der Waals surface area contributed by atoms with Gasteiger partial charge >= 0.3 is 0 Å². The number of carbonyl (C=O) groups is 1. The highest BCUT2D eigenvalue weighted by Gasteiger charge is 2.08. The van der Waals surface area contributed by atoms with Crippen LogP contribution >= 0.6 is 0 Å². The Kier molecular flexibility index (Phi) is 8.17. The first-order valence-corrected chi connectivity index (χ1v) is 7.40. The second-order valence-corrected chi connectivity index (χ2v) is 4.71. The maximum atomic E-state index is 8.94. The Morgan fingerprint density at radius 3 is 2.61 bits per heavy atom. The van der Waals surface area contributed by atoms with Crippen LogP contribution in [0.1, 0.15) is 23.7 Å². The molecular weight excluding hydrogens is 292 g/mol. The van der Waals surface area contributed by atoms with Gasteiger partial charge < -0.3 is 10.1 Å². The third-order valence-corrected chi connectivity index (χ3v) is 3.32. The summed E-state index contributed by atoms with van der Waals surface area (Å²) >= 11 is 0. The summed E-state index contributed by atoms with van der Waals surface area (Å²) in [4.78, 5) is 13.2. The number of nitrogens with one attached hydrogen (secondary N) is 2. The van der Waals surface area contributed by atoms with E-state index in [0.29, 0.717) is 13.0 Å². The Bertz CT molecular complexity index is 595. The average Bonchev–Trinajstić information content (AvgIpc) is 2.60. The smallest absolute Gasteiger partial charge is 0.221 e. The number of hydrazine groups is 1. The summed E-state index contributed by atoms with van der Waals surface area (Å²) < 4.78 is 5.91. The van der Waals surface area contributed by atoms with Crippen LogP contribution in [0.25, 0.3) is 0 Å². The topological polar surface area (TPSA) is 89.3 Å². The third-order valence-electron chi connectivity index (χ3n) is 3.32. The molecule has 0 fully saturated rings. The fourth-order valence-electron chi connectivity index (χ4n) is 2.14. The molecule has 6 nitrogen and oxygen atoms in total. The van der Waals surface area contributed by atoms with Gasteiger partial charge in [-0.05, 0) is 37.1 Å². The predicted molar refractivity (Wildman–Crippen MR) is 92.1 cm³/mol. The molecule has 124 valence electrons. The normalized spacial score (nSPS) is 9.39. The van der Waals surface area contributed by atoms with Crippen LogP contribution < -0.4 is 21.3 Å². The van der Waals surface area contributed by atoms with Gasteiger partial charge in [-0.3, -0.25) is 15.2 Å². The Morgan fingerprint density at radius 2 is 2.04 bits per heavy atom. The molecule has 6 heteroatoms. The van der Waals surface area contributed by atoms with E-state index >= 15 is 0 Å². The molecule has 0 saturated carbocycles. The van der Waals surface area contributed by atoms with E-state index < -0.39 is 0 Å². The number of aryl methyl sites for hydroxylation is 2. The van der Waals surface area contributed by atoms with Crippen molar-refractivity contribution >= 4 is 12.1 Å². The zero-order chi connectivity index (χ0) is 17.1. The van der Waals surface area contributed by atoms with Gasteiger partial charge in [0.05, 0.1) is 5.69 Å². The number of amides is 1. The van der Waals surface area contributed by atoms with Crippen molar-refractivity contribution in [2.45, 2.75) is 26.9 Å². The van der Waals surface area contributed by atoms with E-state index in [4.69, 9.17) is 9.53 Å². The van der Waals surface area contributed by atoms with Crippen molar-refractivity contribution in [1.29, 1.82) is 0 Å². The first-order chi connectivity index (χ1) is 11.2. The lowest BCUT2D eigenvalue weighted by molar-refractivity contribution is -0.109. The van der Waals surface area contributed by atoms with Gasteiger partial charge in [0.2, 0.25) is 6.41 Å². The zero-order valence-electron chi connectivity index (χ0n) is 13.8. The van der Waals surface area contributed by atoms with E-state index in [1.165, 1.54) is 11.1 Å². The van der Waals surface area contributed by atoms with Crippen molar-refractivity contribution in [3.63, 3.8) is 0 Å². The van der Waals surface area contributed by atoms with Gasteiger partial charge in [-0.1, -0.05) is 19.1 Å². The number of carbonyl (C=O) groups excluding carboxylic acids is 1. The van der Waals surface area contributed by atoms with Crippen LogP contribution in [0.4, 0.5) is 5.69 Å². The number of ether oxygens (including phenoxy) is 1. The van der Waals surface area contributed by atoms with Crippen LogP contribution in [-0.2, 0) is 17.8 Å². The molecule has 0 radical (unpaired) electrons. The maximum absolute atomic E-state index is 8.94. The SMILES string of the molecule is CCc1cccc(NC)c1COc1cccnc1C.NNC=O. The number of anilines is 1. The second-order valence-electron chi connectivity index (χ2n) is 4.71. The van der Waals surface area contributed by atoms with E-state index in [-0.39, 0.29) is 0 Å². The molecule has 0 aliphatic carbocycles.